The zero-order chi connectivity index (χ0) is 20.4. The number of ether oxygens (including phenoxy) is 1. The van der Waals surface area contributed by atoms with Crippen LogP contribution in [0.2, 0.25) is 0 Å². The molecule has 144 valence electrons. The first-order valence-electron chi connectivity index (χ1n) is 9.07. The van der Waals surface area contributed by atoms with Crippen LogP contribution in [0.3, 0.4) is 0 Å². The number of phenolic OH excluding ortho intramolecular Hbond substituents is 1. The summed E-state index contributed by atoms with van der Waals surface area (Å²) in [5, 5.41) is 14.7. The highest BCUT2D eigenvalue weighted by molar-refractivity contribution is 5.82. The van der Waals surface area contributed by atoms with Crippen LogP contribution in [0.4, 0.5) is 0 Å². The number of aryl methyl sites for hydroxylation is 1. The lowest BCUT2D eigenvalue weighted by Crippen LogP contribution is -2.20. The van der Waals surface area contributed by atoms with Gasteiger partial charge in [-0.1, -0.05) is 42.0 Å². The maximum absolute atomic E-state index is 13.1. The van der Waals surface area contributed by atoms with Crippen molar-refractivity contribution in [1.29, 1.82) is 0 Å². The number of aromatic nitrogens is 2. The van der Waals surface area contributed by atoms with Crippen LogP contribution in [0.25, 0.3) is 22.3 Å². The Bertz CT molecular complexity index is 1280. The number of hydrogen-bond donors (Lipinski definition) is 1. The maximum atomic E-state index is 13.1. The van der Waals surface area contributed by atoms with Crippen molar-refractivity contribution in [3.63, 3.8) is 0 Å². The summed E-state index contributed by atoms with van der Waals surface area (Å²) in [6.45, 7) is 2.00. The Morgan fingerprint density at radius 2 is 1.83 bits per heavy atom. The van der Waals surface area contributed by atoms with Crippen molar-refractivity contribution in [2.45, 2.75) is 6.92 Å². The molecule has 6 heteroatoms. The van der Waals surface area contributed by atoms with E-state index in [2.05, 4.69) is 10.1 Å². The molecule has 0 spiro atoms. The first-order valence-corrected chi connectivity index (χ1v) is 9.07. The molecule has 4 aromatic rings. The third-order valence-corrected chi connectivity index (χ3v) is 4.59. The molecule has 0 bridgehead atoms. The molecule has 4 rings (SSSR count). The van der Waals surface area contributed by atoms with Gasteiger partial charge in [0.15, 0.2) is 17.3 Å². The normalized spacial score (nSPS) is 11.2. The van der Waals surface area contributed by atoms with Gasteiger partial charge in [0.2, 0.25) is 0 Å². The van der Waals surface area contributed by atoms with Gasteiger partial charge in [0.05, 0.1) is 24.2 Å². The number of para-hydroxylation sites is 1. The second-order valence-electron chi connectivity index (χ2n) is 6.61. The molecule has 0 amide bonds. The molecule has 0 aliphatic heterocycles. The maximum Gasteiger partial charge on any atom is 0.282 e. The Labute approximate surface area is 167 Å². The van der Waals surface area contributed by atoms with E-state index in [1.807, 2.05) is 43.3 Å². The monoisotopic (exact) mass is 385 g/mol. The summed E-state index contributed by atoms with van der Waals surface area (Å²) in [5.74, 6) is 0.821. The summed E-state index contributed by atoms with van der Waals surface area (Å²) in [4.78, 5) is 17.8. The fourth-order valence-corrected chi connectivity index (χ4v) is 3.02. The lowest BCUT2D eigenvalue weighted by molar-refractivity contribution is 0.373. The summed E-state index contributed by atoms with van der Waals surface area (Å²) in [6.07, 6.45) is 1.54. The summed E-state index contributed by atoms with van der Waals surface area (Å²) >= 11 is 0. The molecule has 0 saturated heterocycles. The zero-order valence-electron chi connectivity index (χ0n) is 16.0. The van der Waals surface area contributed by atoms with Crippen LogP contribution in [0.5, 0.6) is 11.5 Å². The van der Waals surface area contributed by atoms with E-state index in [1.165, 1.54) is 24.1 Å². The molecule has 1 aromatic heterocycles. The van der Waals surface area contributed by atoms with Crippen LogP contribution >= 0.6 is 0 Å². The smallest absolute Gasteiger partial charge is 0.282 e. The number of phenols is 1. The minimum absolute atomic E-state index is 0.0366. The average Bonchev–Trinajstić information content (AvgIpc) is 2.74. The Hall–Kier alpha value is -3.93. The fraction of sp³-hybridized carbons (Fsp3) is 0.0870. The Morgan fingerprint density at radius 3 is 2.59 bits per heavy atom. The van der Waals surface area contributed by atoms with Crippen molar-refractivity contribution in [2.75, 3.05) is 7.11 Å². The highest BCUT2D eigenvalue weighted by Crippen LogP contribution is 2.25. The van der Waals surface area contributed by atoms with Crippen molar-refractivity contribution in [2.24, 2.45) is 5.10 Å². The van der Waals surface area contributed by atoms with E-state index in [0.717, 1.165) is 11.1 Å². The van der Waals surface area contributed by atoms with Gasteiger partial charge in [-0.15, -0.1) is 0 Å². The minimum atomic E-state index is -0.256. The molecule has 6 nitrogen and oxygen atoms in total. The summed E-state index contributed by atoms with van der Waals surface area (Å²) in [6, 6.07) is 19.8. The molecule has 29 heavy (non-hydrogen) atoms. The summed E-state index contributed by atoms with van der Waals surface area (Å²) in [5.41, 5.74) is 2.94. The van der Waals surface area contributed by atoms with Gasteiger partial charge in [0, 0.05) is 5.56 Å². The minimum Gasteiger partial charge on any atom is -0.504 e. The molecule has 0 saturated carbocycles. The third kappa shape index (κ3) is 3.60. The average molecular weight is 385 g/mol. The standard InChI is InChI=1S/C23H19N3O3/c1-15-7-10-17(11-8-15)22-25-19-6-4-3-5-18(19)23(28)26(22)24-14-16-9-12-20(27)21(13-16)29-2/h3-14,27H,1-2H3. The quantitative estimate of drug-likeness (QED) is 0.539. The lowest BCUT2D eigenvalue weighted by atomic mass is 10.1. The topological polar surface area (TPSA) is 76.7 Å². The molecule has 0 radical (unpaired) electrons. The van der Waals surface area contributed by atoms with Gasteiger partial charge in [0.1, 0.15) is 0 Å². The second kappa shape index (κ2) is 7.59. The number of hydrogen-bond acceptors (Lipinski definition) is 5. The van der Waals surface area contributed by atoms with Crippen LogP contribution < -0.4 is 10.3 Å². The first-order chi connectivity index (χ1) is 14.1. The van der Waals surface area contributed by atoms with E-state index in [4.69, 9.17) is 4.74 Å². The van der Waals surface area contributed by atoms with Gasteiger partial charge >= 0.3 is 0 Å². The van der Waals surface area contributed by atoms with Gasteiger partial charge in [-0.3, -0.25) is 4.79 Å². The van der Waals surface area contributed by atoms with Gasteiger partial charge in [0.25, 0.3) is 5.56 Å². The van der Waals surface area contributed by atoms with E-state index in [1.54, 1.807) is 24.3 Å². The molecule has 0 fully saturated rings. The van der Waals surface area contributed by atoms with Crippen LogP contribution in [0, 0.1) is 6.92 Å². The number of rotatable bonds is 4. The van der Waals surface area contributed by atoms with Crippen molar-refractivity contribution in [3.05, 3.63) is 88.2 Å². The van der Waals surface area contributed by atoms with Crippen molar-refractivity contribution >= 4 is 17.1 Å². The molecule has 0 atom stereocenters. The molecule has 0 aliphatic carbocycles. The lowest BCUT2D eigenvalue weighted by Gasteiger charge is -2.10. The van der Waals surface area contributed by atoms with Crippen molar-refractivity contribution in [1.82, 2.24) is 9.66 Å². The molecule has 0 unspecified atom stereocenters. The number of nitrogens with zero attached hydrogens (tertiary/aromatic N) is 3. The number of benzene rings is 3. The predicted molar refractivity (Wildman–Crippen MR) is 114 cm³/mol. The summed E-state index contributed by atoms with van der Waals surface area (Å²) < 4.78 is 6.43. The first kappa shape index (κ1) is 18.4. The Balaban J connectivity index is 1.90. The molecule has 3 aromatic carbocycles. The van der Waals surface area contributed by atoms with Gasteiger partial charge < -0.3 is 9.84 Å². The van der Waals surface area contributed by atoms with Crippen molar-refractivity contribution in [3.8, 4) is 22.9 Å². The molecule has 0 aliphatic rings. The Morgan fingerprint density at radius 1 is 1.07 bits per heavy atom. The molecule has 1 N–H and O–H groups in total. The van der Waals surface area contributed by atoms with E-state index < -0.39 is 0 Å². The van der Waals surface area contributed by atoms with Crippen LogP contribution in [0.1, 0.15) is 11.1 Å². The van der Waals surface area contributed by atoms with E-state index in [-0.39, 0.29) is 11.3 Å². The zero-order valence-corrected chi connectivity index (χ0v) is 16.0. The van der Waals surface area contributed by atoms with E-state index in [9.17, 15) is 9.90 Å². The predicted octanol–water partition coefficient (Wildman–Crippen LogP) is 3.97. The second-order valence-corrected chi connectivity index (χ2v) is 6.61. The third-order valence-electron chi connectivity index (χ3n) is 4.59. The highest BCUT2D eigenvalue weighted by Gasteiger charge is 2.12. The number of fused-ring (bicyclic) bond motifs is 1. The largest absolute Gasteiger partial charge is 0.504 e. The summed E-state index contributed by atoms with van der Waals surface area (Å²) in [7, 11) is 1.48. The number of aromatic hydroxyl groups is 1. The number of methoxy groups -OCH3 is 1. The molecular weight excluding hydrogens is 366 g/mol. The van der Waals surface area contributed by atoms with Crippen LogP contribution in [0.15, 0.2) is 76.6 Å². The Kier molecular flexibility index (Phi) is 4.83. The fourth-order valence-electron chi connectivity index (χ4n) is 3.02. The van der Waals surface area contributed by atoms with Gasteiger partial charge in [-0.25, -0.2) is 4.98 Å². The SMILES string of the molecule is COc1cc(C=Nn2c(-c3ccc(C)cc3)nc3ccccc3c2=O)ccc1O. The van der Waals surface area contributed by atoms with E-state index >= 15 is 0 Å². The molecule has 1 heterocycles. The molecular formula is C23H19N3O3. The van der Waals surface area contributed by atoms with Gasteiger partial charge in [-0.05, 0) is 42.8 Å². The highest BCUT2D eigenvalue weighted by atomic mass is 16.5. The van der Waals surface area contributed by atoms with Crippen LogP contribution in [-0.2, 0) is 0 Å². The van der Waals surface area contributed by atoms with E-state index in [0.29, 0.717) is 28.0 Å². The van der Waals surface area contributed by atoms with Gasteiger partial charge in [-0.2, -0.15) is 9.78 Å². The van der Waals surface area contributed by atoms with Crippen molar-refractivity contribution < 1.29 is 9.84 Å². The van der Waals surface area contributed by atoms with Crippen LogP contribution in [-0.4, -0.2) is 28.1 Å².